The fourth-order valence-corrected chi connectivity index (χ4v) is 6.16. The van der Waals surface area contributed by atoms with Crippen LogP contribution in [0.2, 0.25) is 0 Å². The summed E-state index contributed by atoms with van der Waals surface area (Å²) in [5.74, 6) is -0.797. The summed E-state index contributed by atoms with van der Waals surface area (Å²) in [5.41, 5.74) is 4.57. The predicted octanol–water partition coefficient (Wildman–Crippen LogP) is 3.24. The van der Waals surface area contributed by atoms with Crippen LogP contribution in [0.5, 0.6) is 0 Å². The molecule has 10 nitrogen and oxygen atoms in total. The number of hydrogen-bond acceptors (Lipinski definition) is 8. The van der Waals surface area contributed by atoms with E-state index in [4.69, 9.17) is 4.74 Å². The monoisotopic (exact) mass is 589 g/mol. The molecular weight excluding hydrogens is 554 g/mol. The number of anilines is 2. The van der Waals surface area contributed by atoms with Crippen LogP contribution in [0.3, 0.4) is 0 Å². The highest BCUT2D eigenvalue weighted by atomic mass is 32.2. The summed E-state index contributed by atoms with van der Waals surface area (Å²) in [4.78, 5) is 30.2. The summed E-state index contributed by atoms with van der Waals surface area (Å²) in [6.07, 6.45) is 0. The lowest BCUT2D eigenvalue weighted by atomic mass is 9.96. The molecule has 0 aliphatic carbocycles. The quantitative estimate of drug-likeness (QED) is 0.257. The Hall–Kier alpha value is -4.03. The molecule has 3 N–H and O–H groups in total. The Kier molecular flexibility index (Phi) is 8.74. The van der Waals surface area contributed by atoms with Crippen molar-refractivity contribution in [1.82, 2.24) is 14.5 Å². The van der Waals surface area contributed by atoms with Crippen molar-refractivity contribution in [1.29, 1.82) is 0 Å². The average molecular weight is 590 g/mol. The summed E-state index contributed by atoms with van der Waals surface area (Å²) >= 11 is 0. The zero-order valence-electron chi connectivity index (χ0n) is 23.9. The van der Waals surface area contributed by atoms with Crippen LogP contribution in [0.15, 0.2) is 71.6 Å². The van der Waals surface area contributed by atoms with Gasteiger partial charge in [-0.1, -0.05) is 30.3 Å². The molecule has 1 saturated heterocycles. The van der Waals surface area contributed by atoms with Crippen molar-refractivity contribution in [2.75, 3.05) is 64.1 Å². The fourth-order valence-electron chi connectivity index (χ4n) is 5.14. The minimum Gasteiger partial charge on any atom is -0.465 e. The molecule has 0 atom stereocenters. The number of benzene rings is 3. The first-order chi connectivity index (χ1) is 20.2. The second kappa shape index (κ2) is 12.5. The van der Waals surface area contributed by atoms with Gasteiger partial charge in [-0.15, -0.1) is 0 Å². The Labute approximate surface area is 246 Å². The molecule has 0 aromatic heterocycles. The smallest absolute Gasteiger partial charge is 0.338 e. The van der Waals surface area contributed by atoms with E-state index in [1.807, 2.05) is 30.3 Å². The Morgan fingerprint density at radius 1 is 1.00 bits per heavy atom. The van der Waals surface area contributed by atoms with Crippen LogP contribution in [0.1, 0.15) is 27.0 Å². The van der Waals surface area contributed by atoms with E-state index in [-0.39, 0.29) is 10.8 Å². The maximum absolute atomic E-state index is 13.3. The first-order valence-electron chi connectivity index (χ1n) is 13.8. The lowest BCUT2D eigenvalue weighted by molar-refractivity contribution is -0.110. The molecule has 2 aliphatic rings. The molecule has 2 heterocycles. The highest BCUT2D eigenvalue weighted by Crippen LogP contribution is 2.39. The molecule has 0 bridgehead atoms. The first kappa shape index (κ1) is 29.5. The van der Waals surface area contributed by atoms with Crippen LogP contribution in [0.4, 0.5) is 11.4 Å². The van der Waals surface area contributed by atoms with Crippen LogP contribution in [-0.4, -0.2) is 83.5 Å². The van der Waals surface area contributed by atoms with E-state index in [0.29, 0.717) is 52.4 Å². The van der Waals surface area contributed by atoms with Crippen LogP contribution < -0.4 is 15.4 Å². The summed E-state index contributed by atoms with van der Waals surface area (Å²) in [6.45, 7) is 6.58. The Morgan fingerprint density at radius 3 is 2.36 bits per heavy atom. The topological polar surface area (TPSA) is 120 Å². The molecule has 0 radical (unpaired) electrons. The second-order valence-corrected chi connectivity index (χ2v) is 12.2. The maximum atomic E-state index is 13.3. The molecule has 220 valence electrons. The van der Waals surface area contributed by atoms with E-state index in [0.717, 1.165) is 31.7 Å². The second-order valence-electron chi connectivity index (χ2n) is 10.5. The van der Waals surface area contributed by atoms with Gasteiger partial charge in [-0.05, 0) is 61.5 Å². The highest BCUT2D eigenvalue weighted by Gasteiger charge is 2.30. The number of esters is 1. The van der Waals surface area contributed by atoms with E-state index in [1.165, 1.54) is 7.11 Å². The van der Waals surface area contributed by atoms with Crippen LogP contribution in [0, 0.1) is 6.92 Å². The number of amides is 1. The largest absolute Gasteiger partial charge is 0.465 e. The number of carbonyl (C=O) groups excluding carboxylic acids is 2. The van der Waals surface area contributed by atoms with Crippen molar-refractivity contribution in [2.24, 2.45) is 0 Å². The number of hydrogen-bond donors (Lipinski definition) is 3. The van der Waals surface area contributed by atoms with Crippen LogP contribution >= 0.6 is 0 Å². The van der Waals surface area contributed by atoms with E-state index >= 15 is 0 Å². The standard InChI is InChI=1S/C31H35N5O5S/c1-21-19-26-27(20-25(21)31(38)41-3)34-30(37)28(26)29(22-7-5-4-6-8-22)33-23-9-11-24(12-10-23)42(39,40)32-13-14-36-17-15-35(2)16-18-36/h4-12,19-20,32-33H,13-18H2,1-3H3,(H,34,37). The van der Waals surface area contributed by atoms with Gasteiger partial charge in [0.15, 0.2) is 0 Å². The van der Waals surface area contributed by atoms with Gasteiger partial charge in [-0.25, -0.2) is 17.9 Å². The highest BCUT2D eigenvalue weighted by molar-refractivity contribution is 7.89. The van der Waals surface area contributed by atoms with Gasteiger partial charge >= 0.3 is 5.97 Å². The van der Waals surface area contributed by atoms with Crippen molar-refractivity contribution in [3.05, 3.63) is 89.0 Å². The minimum absolute atomic E-state index is 0.162. The van der Waals surface area contributed by atoms with Gasteiger partial charge in [0.2, 0.25) is 10.0 Å². The molecule has 42 heavy (non-hydrogen) atoms. The number of ether oxygens (including phenoxy) is 1. The molecule has 5 rings (SSSR count). The minimum atomic E-state index is -3.68. The van der Waals surface area contributed by atoms with E-state index in [1.54, 1.807) is 43.3 Å². The number of fused-ring (bicyclic) bond motifs is 1. The van der Waals surface area contributed by atoms with Crippen molar-refractivity contribution in [3.63, 3.8) is 0 Å². The van der Waals surface area contributed by atoms with Crippen molar-refractivity contribution in [2.45, 2.75) is 11.8 Å². The van der Waals surface area contributed by atoms with Gasteiger partial charge in [-0.2, -0.15) is 0 Å². The summed E-state index contributed by atoms with van der Waals surface area (Å²) in [6, 6.07) is 19.3. The number of carbonyl (C=O) groups is 2. The average Bonchev–Trinajstić information content (AvgIpc) is 3.30. The Bertz CT molecular complexity index is 1610. The van der Waals surface area contributed by atoms with Crippen molar-refractivity contribution < 1.29 is 22.7 Å². The maximum Gasteiger partial charge on any atom is 0.338 e. The number of nitrogens with one attached hydrogen (secondary N) is 3. The number of sulfonamides is 1. The van der Waals surface area contributed by atoms with Crippen molar-refractivity contribution >= 4 is 44.5 Å². The molecule has 0 unspecified atom stereocenters. The Balaban J connectivity index is 1.39. The number of likely N-dealkylation sites (N-methyl/N-ethyl adjacent to an activating group) is 1. The van der Waals surface area contributed by atoms with E-state index in [9.17, 15) is 18.0 Å². The third kappa shape index (κ3) is 6.39. The van der Waals surface area contributed by atoms with Gasteiger partial charge in [-0.3, -0.25) is 9.69 Å². The summed E-state index contributed by atoms with van der Waals surface area (Å²) in [5, 5.41) is 6.21. The van der Waals surface area contributed by atoms with Crippen molar-refractivity contribution in [3.8, 4) is 0 Å². The summed E-state index contributed by atoms with van der Waals surface area (Å²) < 4.78 is 33.5. The fraction of sp³-hybridized carbons (Fsp3) is 0.290. The molecule has 1 amide bonds. The molecule has 2 aliphatic heterocycles. The number of aryl methyl sites for hydroxylation is 1. The van der Waals surface area contributed by atoms with E-state index in [2.05, 4.69) is 32.2 Å². The molecular formula is C31H35N5O5S. The molecule has 0 spiro atoms. The SMILES string of the molecule is COC(=O)c1cc2c(cc1C)C(=C(Nc1ccc(S(=O)(=O)NCCN3CCN(C)CC3)cc1)c1ccccc1)C(=O)N2. The molecule has 11 heteroatoms. The lowest BCUT2D eigenvalue weighted by Crippen LogP contribution is -2.46. The number of methoxy groups -OCH3 is 1. The molecule has 1 fully saturated rings. The van der Waals surface area contributed by atoms with Gasteiger partial charge in [0.1, 0.15) is 0 Å². The summed E-state index contributed by atoms with van der Waals surface area (Å²) in [7, 11) is -0.278. The zero-order chi connectivity index (χ0) is 29.9. The molecule has 3 aromatic rings. The number of nitrogens with zero attached hydrogens (tertiary/aromatic N) is 2. The first-order valence-corrected chi connectivity index (χ1v) is 15.3. The third-order valence-electron chi connectivity index (χ3n) is 7.58. The van der Waals surface area contributed by atoms with Crippen LogP contribution in [0.25, 0.3) is 11.3 Å². The third-order valence-corrected chi connectivity index (χ3v) is 9.05. The normalized spacial score (nSPS) is 17.0. The Morgan fingerprint density at radius 2 is 1.69 bits per heavy atom. The molecule has 3 aromatic carbocycles. The number of rotatable bonds is 9. The van der Waals surface area contributed by atoms with Gasteiger partial charge in [0, 0.05) is 50.5 Å². The zero-order valence-corrected chi connectivity index (χ0v) is 24.8. The van der Waals surface area contributed by atoms with Gasteiger partial charge in [0.25, 0.3) is 5.91 Å². The predicted molar refractivity (Wildman–Crippen MR) is 164 cm³/mol. The lowest BCUT2D eigenvalue weighted by Gasteiger charge is -2.32. The number of piperazine rings is 1. The van der Waals surface area contributed by atoms with E-state index < -0.39 is 16.0 Å². The van der Waals surface area contributed by atoms with Gasteiger partial charge < -0.3 is 20.3 Å². The van der Waals surface area contributed by atoms with Gasteiger partial charge in [0.05, 0.1) is 34.5 Å². The van der Waals surface area contributed by atoms with Crippen LogP contribution in [-0.2, 0) is 19.6 Å². The molecule has 0 saturated carbocycles.